The van der Waals surface area contributed by atoms with Crippen LogP contribution < -0.4 is 0 Å². The minimum atomic E-state index is -4.53. The summed E-state index contributed by atoms with van der Waals surface area (Å²) in [4.78, 5) is 8.49. The fourth-order valence-corrected chi connectivity index (χ4v) is 3.90. The summed E-state index contributed by atoms with van der Waals surface area (Å²) in [6.45, 7) is 0. The standard InChI is InChI=1S/C23H15Cl2F3N2O/c24-15-5-6-16(30-12-15)11-18(19-10-14(23(26,27)28)4-8-20(19)25)17-7-3-13-2-1-9-29-21(13)22(17)31/h1-10,12,18,31H,11H2. The lowest BCUT2D eigenvalue weighted by Crippen LogP contribution is -2.11. The second-order valence-corrected chi connectivity index (χ2v) is 7.88. The zero-order chi connectivity index (χ0) is 22.2. The molecule has 0 aliphatic rings. The number of phenols is 1. The number of aromatic nitrogens is 2. The number of rotatable bonds is 4. The number of hydrogen-bond donors (Lipinski definition) is 1. The monoisotopic (exact) mass is 462 g/mol. The molecule has 8 heteroatoms. The summed E-state index contributed by atoms with van der Waals surface area (Å²) in [5, 5.41) is 12.3. The largest absolute Gasteiger partial charge is 0.505 e. The Labute approximate surface area is 186 Å². The Hall–Kier alpha value is -2.83. The number of nitrogens with zero attached hydrogens (tertiary/aromatic N) is 2. The van der Waals surface area contributed by atoms with Crippen molar-refractivity contribution in [3.63, 3.8) is 0 Å². The van der Waals surface area contributed by atoms with E-state index in [0.29, 0.717) is 27.2 Å². The van der Waals surface area contributed by atoms with Crippen LogP contribution >= 0.6 is 23.2 Å². The van der Waals surface area contributed by atoms with Crippen LogP contribution in [0.15, 0.2) is 67.0 Å². The van der Waals surface area contributed by atoms with E-state index in [9.17, 15) is 18.3 Å². The molecule has 0 amide bonds. The van der Waals surface area contributed by atoms with Gasteiger partial charge in [-0.25, -0.2) is 0 Å². The number of halogens is 5. The third-order valence-corrected chi connectivity index (χ3v) is 5.62. The highest BCUT2D eigenvalue weighted by molar-refractivity contribution is 6.31. The van der Waals surface area contributed by atoms with Gasteiger partial charge in [-0.15, -0.1) is 0 Å². The van der Waals surface area contributed by atoms with E-state index in [-0.39, 0.29) is 22.8 Å². The number of alkyl halides is 3. The molecule has 0 saturated carbocycles. The fourth-order valence-electron chi connectivity index (χ4n) is 3.54. The summed E-state index contributed by atoms with van der Waals surface area (Å²) in [7, 11) is 0. The minimum absolute atomic E-state index is 0.106. The normalized spacial score (nSPS) is 12.8. The summed E-state index contributed by atoms with van der Waals surface area (Å²) >= 11 is 12.3. The maximum Gasteiger partial charge on any atom is 0.416 e. The lowest BCUT2D eigenvalue weighted by atomic mass is 9.85. The van der Waals surface area contributed by atoms with Crippen LogP contribution in [-0.2, 0) is 12.6 Å². The third-order valence-electron chi connectivity index (χ3n) is 5.06. The maximum atomic E-state index is 13.4. The van der Waals surface area contributed by atoms with Crippen molar-refractivity contribution in [2.75, 3.05) is 0 Å². The van der Waals surface area contributed by atoms with Crippen LogP contribution in [0.4, 0.5) is 13.2 Å². The molecule has 2 heterocycles. The molecule has 158 valence electrons. The molecule has 4 rings (SSSR count). The Morgan fingerprint density at radius 2 is 1.74 bits per heavy atom. The average Bonchev–Trinajstić information content (AvgIpc) is 2.74. The Morgan fingerprint density at radius 1 is 0.935 bits per heavy atom. The first-order valence-corrected chi connectivity index (χ1v) is 10.0. The van der Waals surface area contributed by atoms with E-state index < -0.39 is 17.7 Å². The molecule has 2 aromatic heterocycles. The Bertz CT molecular complexity index is 1240. The lowest BCUT2D eigenvalue weighted by Gasteiger charge is -2.22. The van der Waals surface area contributed by atoms with Crippen LogP contribution in [0.25, 0.3) is 10.9 Å². The Balaban J connectivity index is 1.91. The smallest absolute Gasteiger partial charge is 0.416 e. The molecule has 0 fully saturated rings. The molecule has 31 heavy (non-hydrogen) atoms. The predicted octanol–water partition coefficient (Wildman–Crippen LogP) is 7.04. The zero-order valence-corrected chi connectivity index (χ0v) is 17.4. The van der Waals surface area contributed by atoms with Gasteiger partial charge in [-0.1, -0.05) is 41.4 Å². The summed E-state index contributed by atoms with van der Waals surface area (Å²) in [6, 6.07) is 13.5. The van der Waals surface area contributed by atoms with Crippen molar-refractivity contribution < 1.29 is 18.3 Å². The topological polar surface area (TPSA) is 46.0 Å². The second-order valence-electron chi connectivity index (χ2n) is 7.04. The van der Waals surface area contributed by atoms with Gasteiger partial charge in [-0.05, 0) is 42.0 Å². The van der Waals surface area contributed by atoms with Gasteiger partial charge < -0.3 is 5.11 Å². The molecular formula is C23H15Cl2F3N2O. The number of hydrogen-bond acceptors (Lipinski definition) is 3. The van der Waals surface area contributed by atoms with E-state index >= 15 is 0 Å². The van der Waals surface area contributed by atoms with Crippen molar-refractivity contribution in [2.45, 2.75) is 18.5 Å². The number of phenolic OH excluding ortho intramolecular Hbond substituents is 1. The van der Waals surface area contributed by atoms with E-state index in [1.54, 1.807) is 42.6 Å². The summed E-state index contributed by atoms with van der Waals surface area (Å²) in [5.41, 5.74) is 0.767. The molecule has 0 aliphatic carbocycles. The van der Waals surface area contributed by atoms with Crippen LogP contribution in [0.3, 0.4) is 0 Å². The van der Waals surface area contributed by atoms with Crippen molar-refractivity contribution in [2.24, 2.45) is 0 Å². The van der Waals surface area contributed by atoms with Crippen molar-refractivity contribution in [1.29, 1.82) is 0 Å². The molecule has 4 aromatic rings. The fraction of sp³-hybridized carbons (Fsp3) is 0.130. The first kappa shape index (κ1) is 21.4. The van der Waals surface area contributed by atoms with Crippen LogP contribution in [0, 0.1) is 0 Å². The third kappa shape index (κ3) is 4.45. The number of pyridine rings is 2. The van der Waals surface area contributed by atoms with Crippen molar-refractivity contribution in [1.82, 2.24) is 9.97 Å². The molecule has 0 spiro atoms. The molecule has 0 aliphatic heterocycles. The van der Waals surface area contributed by atoms with Crippen LogP contribution in [-0.4, -0.2) is 15.1 Å². The van der Waals surface area contributed by atoms with Gasteiger partial charge >= 0.3 is 6.18 Å². The first-order valence-electron chi connectivity index (χ1n) is 9.27. The van der Waals surface area contributed by atoms with Crippen molar-refractivity contribution >= 4 is 34.1 Å². The van der Waals surface area contributed by atoms with Gasteiger partial charge in [0, 0.05) is 46.4 Å². The molecule has 1 unspecified atom stereocenters. The SMILES string of the molecule is Oc1c(C(Cc2ccc(Cl)cn2)c2cc(C(F)(F)F)ccc2Cl)ccc2cccnc12. The summed E-state index contributed by atoms with van der Waals surface area (Å²) in [6.07, 6.45) is -1.33. The molecule has 3 nitrogen and oxygen atoms in total. The van der Waals surface area contributed by atoms with E-state index in [0.717, 1.165) is 12.1 Å². The molecule has 0 radical (unpaired) electrons. The number of benzene rings is 2. The molecule has 0 saturated heterocycles. The number of fused-ring (bicyclic) bond motifs is 1. The van der Waals surface area contributed by atoms with Gasteiger partial charge in [0.1, 0.15) is 11.3 Å². The van der Waals surface area contributed by atoms with Crippen molar-refractivity contribution in [3.05, 3.63) is 99.4 Å². The van der Waals surface area contributed by atoms with Gasteiger partial charge in [0.2, 0.25) is 0 Å². The molecule has 1 atom stereocenters. The van der Waals surface area contributed by atoms with Gasteiger partial charge in [0.05, 0.1) is 10.6 Å². The highest BCUT2D eigenvalue weighted by Gasteiger charge is 2.32. The second kappa shape index (κ2) is 8.36. The van der Waals surface area contributed by atoms with Crippen LogP contribution in [0.2, 0.25) is 10.0 Å². The van der Waals surface area contributed by atoms with E-state index in [1.165, 1.54) is 12.3 Å². The van der Waals surface area contributed by atoms with E-state index in [4.69, 9.17) is 23.2 Å². The molecular weight excluding hydrogens is 448 g/mol. The minimum Gasteiger partial charge on any atom is -0.505 e. The van der Waals surface area contributed by atoms with Crippen LogP contribution in [0.5, 0.6) is 5.75 Å². The molecule has 2 aromatic carbocycles. The van der Waals surface area contributed by atoms with Crippen LogP contribution in [0.1, 0.15) is 28.3 Å². The highest BCUT2D eigenvalue weighted by Crippen LogP contribution is 2.42. The zero-order valence-electron chi connectivity index (χ0n) is 15.9. The van der Waals surface area contributed by atoms with E-state index in [1.807, 2.05) is 0 Å². The number of aromatic hydroxyl groups is 1. The predicted molar refractivity (Wildman–Crippen MR) is 115 cm³/mol. The van der Waals surface area contributed by atoms with E-state index in [2.05, 4.69) is 9.97 Å². The van der Waals surface area contributed by atoms with Gasteiger partial charge in [-0.2, -0.15) is 13.2 Å². The lowest BCUT2D eigenvalue weighted by molar-refractivity contribution is -0.137. The Kier molecular flexibility index (Phi) is 5.77. The quantitative estimate of drug-likeness (QED) is 0.353. The molecule has 1 N–H and O–H groups in total. The summed E-state index contributed by atoms with van der Waals surface area (Å²) in [5.74, 6) is -0.805. The Morgan fingerprint density at radius 3 is 2.45 bits per heavy atom. The highest BCUT2D eigenvalue weighted by atomic mass is 35.5. The van der Waals surface area contributed by atoms with Gasteiger partial charge in [0.25, 0.3) is 0 Å². The first-order chi connectivity index (χ1) is 14.7. The summed E-state index contributed by atoms with van der Waals surface area (Å²) < 4.78 is 40.2. The molecule has 0 bridgehead atoms. The average molecular weight is 463 g/mol. The van der Waals surface area contributed by atoms with Gasteiger partial charge in [0.15, 0.2) is 0 Å². The maximum absolute atomic E-state index is 13.4. The van der Waals surface area contributed by atoms with Crippen molar-refractivity contribution in [3.8, 4) is 5.75 Å². The van der Waals surface area contributed by atoms with Gasteiger partial charge in [-0.3, -0.25) is 9.97 Å².